The van der Waals surface area contributed by atoms with Gasteiger partial charge in [-0.05, 0) is 38.1 Å². The number of aromatic nitrogens is 6. The fourth-order valence-corrected chi connectivity index (χ4v) is 3.36. The SMILES string of the molecule is CC(F)(c1c(C(=O)O)cnn1-c1ccccn1)C(F)(F)F.CC(F)(c1nn(-c2ccccn2)cc1C(=O)O)C(F)(F)F. The number of carboxylic acids is 2. The Labute approximate surface area is 229 Å². The predicted octanol–water partition coefficient (Wildman–Crippen LogP) is 5.43. The summed E-state index contributed by atoms with van der Waals surface area (Å²) in [5, 5.41) is 24.8. The van der Waals surface area contributed by atoms with Crippen LogP contribution in [0.3, 0.4) is 0 Å². The first-order chi connectivity index (χ1) is 19.3. The normalized spacial score (nSPS) is 14.7. The van der Waals surface area contributed by atoms with Gasteiger partial charge in [0.05, 0.1) is 6.20 Å². The van der Waals surface area contributed by atoms with Gasteiger partial charge in [0.15, 0.2) is 11.6 Å². The molecule has 0 aliphatic carbocycles. The molecule has 4 aromatic rings. The van der Waals surface area contributed by atoms with Crippen molar-refractivity contribution in [2.45, 2.75) is 37.5 Å². The number of carbonyl (C=O) groups is 2. The summed E-state index contributed by atoms with van der Waals surface area (Å²) in [6.07, 6.45) is -6.52. The van der Waals surface area contributed by atoms with E-state index in [4.69, 9.17) is 10.2 Å². The van der Waals surface area contributed by atoms with Gasteiger partial charge in [-0.15, -0.1) is 0 Å². The summed E-state index contributed by atoms with van der Waals surface area (Å²) in [5.41, 5.74) is -11.9. The quantitative estimate of drug-likeness (QED) is 0.278. The average Bonchev–Trinajstić information content (AvgIpc) is 3.55. The Balaban J connectivity index is 0.000000230. The van der Waals surface area contributed by atoms with Crippen LogP contribution < -0.4 is 0 Å². The summed E-state index contributed by atoms with van der Waals surface area (Å²) in [4.78, 5) is 29.6. The predicted molar refractivity (Wildman–Crippen MR) is 126 cm³/mol. The van der Waals surface area contributed by atoms with Gasteiger partial charge in [-0.2, -0.15) is 36.5 Å². The first-order valence-electron chi connectivity index (χ1n) is 11.3. The molecule has 224 valence electrons. The summed E-state index contributed by atoms with van der Waals surface area (Å²) >= 11 is 0. The van der Waals surface area contributed by atoms with Crippen molar-refractivity contribution >= 4 is 11.9 Å². The summed E-state index contributed by atoms with van der Waals surface area (Å²) in [6, 6.07) is 8.73. The van der Waals surface area contributed by atoms with Gasteiger partial charge in [-0.3, -0.25) is 0 Å². The maximum absolute atomic E-state index is 14.3. The number of nitrogens with zero attached hydrogens (tertiary/aromatic N) is 6. The molecule has 0 saturated carbocycles. The highest BCUT2D eigenvalue weighted by Gasteiger charge is 2.58. The van der Waals surface area contributed by atoms with Crippen molar-refractivity contribution < 1.29 is 54.9 Å². The van der Waals surface area contributed by atoms with E-state index in [-0.39, 0.29) is 25.5 Å². The minimum Gasteiger partial charge on any atom is -0.478 e. The summed E-state index contributed by atoms with van der Waals surface area (Å²) in [5.74, 6) is -3.46. The van der Waals surface area contributed by atoms with E-state index < -0.39 is 58.1 Å². The van der Waals surface area contributed by atoms with Crippen LogP contribution in [-0.4, -0.2) is 64.0 Å². The van der Waals surface area contributed by atoms with E-state index in [0.717, 1.165) is 10.9 Å². The topological polar surface area (TPSA) is 136 Å². The first kappa shape index (κ1) is 31.6. The Morgan fingerprint density at radius 3 is 1.67 bits per heavy atom. The van der Waals surface area contributed by atoms with E-state index in [9.17, 15) is 44.7 Å². The maximum Gasteiger partial charge on any atom is 0.428 e. The average molecular weight is 606 g/mol. The molecule has 0 radical (unpaired) electrons. The Morgan fingerprint density at radius 2 is 1.24 bits per heavy atom. The zero-order chi connectivity index (χ0) is 31.7. The van der Waals surface area contributed by atoms with Gasteiger partial charge < -0.3 is 10.2 Å². The van der Waals surface area contributed by atoms with E-state index >= 15 is 0 Å². The van der Waals surface area contributed by atoms with Crippen LogP contribution in [0.5, 0.6) is 0 Å². The number of rotatable bonds is 6. The zero-order valence-electron chi connectivity index (χ0n) is 21.2. The van der Waals surface area contributed by atoms with Crippen LogP contribution in [-0.2, 0) is 11.3 Å². The summed E-state index contributed by atoms with van der Waals surface area (Å²) < 4.78 is 107. The lowest BCUT2D eigenvalue weighted by Gasteiger charge is -2.25. The van der Waals surface area contributed by atoms with E-state index in [1.807, 2.05) is 0 Å². The minimum atomic E-state index is -5.30. The van der Waals surface area contributed by atoms with Crippen LogP contribution in [0.25, 0.3) is 11.6 Å². The van der Waals surface area contributed by atoms with Gasteiger partial charge in [0.1, 0.15) is 22.5 Å². The Kier molecular flexibility index (Phi) is 8.41. The highest BCUT2D eigenvalue weighted by molar-refractivity contribution is 5.89. The molecule has 0 amide bonds. The van der Waals surface area contributed by atoms with Gasteiger partial charge in [0.25, 0.3) is 0 Å². The molecule has 10 nitrogen and oxygen atoms in total. The van der Waals surface area contributed by atoms with Crippen molar-refractivity contribution in [3.05, 3.63) is 83.7 Å². The molecule has 0 spiro atoms. The molecule has 2 atom stereocenters. The van der Waals surface area contributed by atoms with Gasteiger partial charge in [-0.1, -0.05) is 12.1 Å². The zero-order valence-corrected chi connectivity index (χ0v) is 21.2. The molecule has 18 heteroatoms. The van der Waals surface area contributed by atoms with Crippen LogP contribution in [0.1, 0.15) is 46.0 Å². The van der Waals surface area contributed by atoms with Gasteiger partial charge in [0, 0.05) is 18.6 Å². The molecule has 4 heterocycles. The van der Waals surface area contributed by atoms with Crippen LogP contribution in [0, 0.1) is 0 Å². The molecule has 2 N–H and O–H groups in total. The number of pyridine rings is 2. The van der Waals surface area contributed by atoms with E-state index in [1.165, 1.54) is 42.7 Å². The minimum absolute atomic E-state index is 0.0734. The molecule has 0 saturated heterocycles. The third kappa shape index (κ3) is 6.06. The second-order valence-electron chi connectivity index (χ2n) is 8.64. The molecule has 42 heavy (non-hydrogen) atoms. The maximum atomic E-state index is 14.3. The van der Waals surface area contributed by atoms with Gasteiger partial charge >= 0.3 is 24.3 Å². The standard InChI is InChI=1S/2C12H9F4N3O2/c1-11(13,12(14,15)16)9-7(10(20)21)6-19(18-9)8-4-2-3-5-17-8;1-11(13,12(14,15)16)9-7(10(20)21)6-18-19(9)8-4-2-3-5-17-8/h2*2-6H,1H3,(H,20,21). The van der Waals surface area contributed by atoms with Crippen LogP contribution in [0.2, 0.25) is 0 Å². The van der Waals surface area contributed by atoms with E-state index in [1.54, 1.807) is 6.07 Å². The lowest BCUT2D eigenvalue weighted by Crippen LogP contribution is -2.38. The van der Waals surface area contributed by atoms with E-state index in [2.05, 4.69) is 20.2 Å². The second kappa shape index (κ2) is 11.2. The third-order valence-corrected chi connectivity index (χ3v) is 5.65. The molecule has 0 fully saturated rings. The van der Waals surface area contributed by atoms with Crippen molar-refractivity contribution in [3.8, 4) is 11.6 Å². The Bertz CT molecular complexity index is 1550. The van der Waals surface area contributed by atoms with Crippen LogP contribution in [0.4, 0.5) is 35.1 Å². The van der Waals surface area contributed by atoms with Crippen molar-refractivity contribution in [1.29, 1.82) is 0 Å². The summed E-state index contributed by atoms with van der Waals surface area (Å²) in [7, 11) is 0. The van der Waals surface area contributed by atoms with Crippen molar-refractivity contribution in [1.82, 2.24) is 29.5 Å². The molecular weight excluding hydrogens is 588 g/mol. The Morgan fingerprint density at radius 1 is 0.738 bits per heavy atom. The first-order valence-corrected chi connectivity index (χ1v) is 11.3. The molecule has 4 rings (SSSR count). The molecule has 4 aromatic heterocycles. The monoisotopic (exact) mass is 606 g/mol. The highest BCUT2D eigenvalue weighted by atomic mass is 19.4. The molecule has 2 unspecified atom stereocenters. The number of halogens is 8. The number of hydrogen-bond acceptors (Lipinski definition) is 6. The second-order valence-corrected chi connectivity index (χ2v) is 8.64. The molecular formula is C24H18F8N6O4. The lowest BCUT2D eigenvalue weighted by molar-refractivity contribution is -0.230. The molecule has 0 bridgehead atoms. The molecule has 0 aliphatic rings. The molecule has 0 aliphatic heterocycles. The fourth-order valence-electron chi connectivity index (χ4n) is 3.36. The lowest BCUT2D eigenvalue weighted by atomic mass is 9.99. The largest absolute Gasteiger partial charge is 0.478 e. The van der Waals surface area contributed by atoms with Crippen molar-refractivity contribution in [3.63, 3.8) is 0 Å². The van der Waals surface area contributed by atoms with Crippen molar-refractivity contribution in [2.24, 2.45) is 0 Å². The van der Waals surface area contributed by atoms with Crippen LogP contribution in [0.15, 0.2) is 61.2 Å². The number of aromatic carboxylic acids is 2. The smallest absolute Gasteiger partial charge is 0.428 e. The fraction of sp³-hybridized carbons (Fsp3) is 0.250. The number of carboxylic acid groups (broad SMARTS) is 2. The summed E-state index contributed by atoms with van der Waals surface area (Å²) in [6.45, 7) is 0.473. The Hall–Kier alpha value is -4.90. The van der Waals surface area contributed by atoms with Crippen LogP contribution >= 0.6 is 0 Å². The van der Waals surface area contributed by atoms with Gasteiger partial charge in [-0.25, -0.2) is 37.7 Å². The van der Waals surface area contributed by atoms with Crippen molar-refractivity contribution in [2.75, 3.05) is 0 Å². The molecule has 0 aromatic carbocycles. The highest BCUT2D eigenvalue weighted by Crippen LogP contribution is 2.44. The number of alkyl halides is 8. The van der Waals surface area contributed by atoms with Gasteiger partial charge in [0.2, 0.25) is 11.3 Å². The number of hydrogen-bond donors (Lipinski definition) is 2. The van der Waals surface area contributed by atoms with E-state index in [0.29, 0.717) is 10.9 Å². The third-order valence-electron chi connectivity index (χ3n) is 5.65.